The van der Waals surface area contributed by atoms with Crippen LogP contribution in [0.25, 0.3) is 0 Å². The van der Waals surface area contributed by atoms with Crippen LogP contribution in [-0.4, -0.2) is 28.8 Å². The Hall–Kier alpha value is -2.30. The number of carbonyl (C=O) groups excluding carboxylic acids is 1. The molecular weight excluding hydrogens is 252 g/mol. The van der Waals surface area contributed by atoms with Gasteiger partial charge in [-0.1, -0.05) is 12.1 Å². The molecule has 1 amide bonds. The third-order valence-corrected chi connectivity index (χ3v) is 3.78. The van der Waals surface area contributed by atoms with Crippen LogP contribution in [0.1, 0.15) is 22.5 Å². The largest absolute Gasteiger partial charge is 0.383 e. The Bertz CT molecular complexity index is 647. The van der Waals surface area contributed by atoms with Gasteiger partial charge in [0.1, 0.15) is 0 Å². The van der Waals surface area contributed by atoms with Gasteiger partial charge in [0.2, 0.25) is 0 Å². The fourth-order valence-electron chi connectivity index (χ4n) is 2.50. The molecule has 0 fully saturated rings. The number of nitrogens with zero attached hydrogens (tertiary/aromatic N) is 3. The molecule has 0 saturated heterocycles. The molecular formula is C15H18N4O. The van der Waals surface area contributed by atoms with Crippen molar-refractivity contribution in [2.45, 2.75) is 13.3 Å². The molecule has 0 bridgehead atoms. The van der Waals surface area contributed by atoms with Crippen LogP contribution in [0.3, 0.4) is 0 Å². The lowest BCUT2D eigenvalue weighted by molar-refractivity contribution is 0.0986. The topological polar surface area (TPSA) is 50.2 Å². The molecule has 0 spiro atoms. The quantitative estimate of drug-likeness (QED) is 0.864. The van der Waals surface area contributed by atoms with Crippen LogP contribution in [0.15, 0.2) is 30.5 Å². The third kappa shape index (κ3) is 2.05. The number of anilines is 2. The van der Waals surface area contributed by atoms with Crippen LogP contribution in [-0.2, 0) is 7.05 Å². The Kier molecular flexibility index (Phi) is 3.18. The lowest BCUT2D eigenvalue weighted by Gasteiger charge is -2.22. The summed E-state index contributed by atoms with van der Waals surface area (Å²) in [5.41, 5.74) is 3.52. The van der Waals surface area contributed by atoms with Crippen LogP contribution in [0, 0.1) is 6.92 Å². The van der Waals surface area contributed by atoms with Gasteiger partial charge in [-0.05, 0) is 25.5 Å². The number of aryl methyl sites for hydroxylation is 1. The first-order chi connectivity index (χ1) is 9.68. The first kappa shape index (κ1) is 12.7. The van der Waals surface area contributed by atoms with Crippen molar-refractivity contribution in [2.75, 3.05) is 23.3 Å². The molecule has 2 aromatic rings. The molecule has 5 heteroatoms. The van der Waals surface area contributed by atoms with Gasteiger partial charge in [0.15, 0.2) is 0 Å². The fraction of sp³-hybridized carbons (Fsp3) is 0.333. The summed E-state index contributed by atoms with van der Waals surface area (Å²) in [6.45, 7) is 3.52. The highest BCUT2D eigenvalue weighted by atomic mass is 16.2. The van der Waals surface area contributed by atoms with E-state index in [2.05, 4.69) is 10.4 Å². The minimum absolute atomic E-state index is 0.0201. The van der Waals surface area contributed by atoms with Crippen LogP contribution in [0.4, 0.5) is 11.4 Å². The van der Waals surface area contributed by atoms with E-state index in [1.54, 1.807) is 10.9 Å². The van der Waals surface area contributed by atoms with Gasteiger partial charge in [-0.15, -0.1) is 0 Å². The van der Waals surface area contributed by atoms with Crippen LogP contribution >= 0.6 is 0 Å². The number of benzene rings is 1. The Labute approximate surface area is 118 Å². The fourth-order valence-corrected chi connectivity index (χ4v) is 2.50. The van der Waals surface area contributed by atoms with Crippen molar-refractivity contribution in [3.8, 4) is 0 Å². The molecule has 0 atom stereocenters. The van der Waals surface area contributed by atoms with Gasteiger partial charge in [0.25, 0.3) is 5.91 Å². The van der Waals surface area contributed by atoms with E-state index in [4.69, 9.17) is 0 Å². The zero-order chi connectivity index (χ0) is 14.1. The number of amides is 1. The average Bonchev–Trinajstić information content (AvgIpc) is 2.68. The van der Waals surface area contributed by atoms with Crippen molar-refractivity contribution in [3.63, 3.8) is 0 Å². The van der Waals surface area contributed by atoms with Gasteiger partial charge >= 0.3 is 0 Å². The molecule has 104 valence electrons. The van der Waals surface area contributed by atoms with Crippen molar-refractivity contribution in [1.29, 1.82) is 0 Å². The highest BCUT2D eigenvalue weighted by Crippen LogP contribution is 2.29. The summed E-state index contributed by atoms with van der Waals surface area (Å²) in [4.78, 5) is 14.6. The summed E-state index contributed by atoms with van der Waals surface area (Å²) in [6, 6.07) is 7.94. The van der Waals surface area contributed by atoms with Gasteiger partial charge in [-0.25, -0.2) is 0 Å². The lowest BCUT2D eigenvalue weighted by atomic mass is 10.2. The van der Waals surface area contributed by atoms with Crippen LogP contribution in [0.2, 0.25) is 0 Å². The van der Waals surface area contributed by atoms with Crippen LogP contribution in [0.5, 0.6) is 0 Å². The number of rotatable bonds is 1. The van der Waals surface area contributed by atoms with E-state index in [1.165, 1.54) is 0 Å². The molecule has 0 radical (unpaired) electrons. The zero-order valence-corrected chi connectivity index (χ0v) is 11.8. The minimum Gasteiger partial charge on any atom is -0.383 e. The Balaban J connectivity index is 2.01. The summed E-state index contributed by atoms with van der Waals surface area (Å²) >= 11 is 0. The summed E-state index contributed by atoms with van der Waals surface area (Å²) in [5.74, 6) is 0.0201. The van der Waals surface area contributed by atoms with Crippen molar-refractivity contribution in [1.82, 2.24) is 9.78 Å². The maximum Gasteiger partial charge on any atom is 0.261 e. The van der Waals surface area contributed by atoms with Gasteiger partial charge in [0, 0.05) is 25.8 Å². The number of aromatic nitrogens is 2. The van der Waals surface area contributed by atoms with E-state index in [0.29, 0.717) is 5.56 Å². The molecule has 5 nitrogen and oxygen atoms in total. The molecule has 1 N–H and O–H groups in total. The van der Waals surface area contributed by atoms with E-state index in [9.17, 15) is 4.79 Å². The Morgan fingerprint density at radius 3 is 2.90 bits per heavy atom. The van der Waals surface area contributed by atoms with Gasteiger partial charge < -0.3 is 10.2 Å². The summed E-state index contributed by atoms with van der Waals surface area (Å²) in [5, 5.41) is 7.53. The normalized spacial score (nSPS) is 14.4. The van der Waals surface area contributed by atoms with E-state index < -0.39 is 0 Å². The monoisotopic (exact) mass is 270 g/mol. The van der Waals surface area contributed by atoms with E-state index in [-0.39, 0.29) is 5.91 Å². The van der Waals surface area contributed by atoms with Crippen molar-refractivity contribution < 1.29 is 4.79 Å². The average molecular weight is 270 g/mol. The van der Waals surface area contributed by atoms with E-state index in [0.717, 1.165) is 36.6 Å². The standard InChI is InChI=1S/C15H18N4O/c1-11-12(10-17-18(11)2)15(20)19-9-5-8-16-13-6-3-4-7-14(13)19/h3-4,6-7,10,16H,5,8-9H2,1-2H3. The molecule has 0 unspecified atom stereocenters. The van der Waals surface area contributed by atoms with Gasteiger partial charge in [-0.2, -0.15) is 5.10 Å². The van der Waals surface area contributed by atoms with Gasteiger partial charge in [-0.3, -0.25) is 9.48 Å². The van der Waals surface area contributed by atoms with Crippen molar-refractivity contribution in [2.24, 2.45) is 7.05 Å². The maximum absolute atomic E-state index is 12.8. The predicted octanol–water partition coefficient (Wildman–Crippen LogP) is 2.19. The number of para-hydroxylation sites is 2. The lowest BCUT2D eigenvalue weighted by Crippen LogP contribution is -2.31. The first-order valence-corrected chi connectivity index (χ1v) is 6.82. The molecule has 20 heavy (non-hydrogen) atoms. The highest BCUT2D eigenvalue weighted by Gasteiger charge is 2.24. The molecule has 1 aromatic heterocycles. The maximum atomic E-state index is 12.8. The highest BCUT2D eigenvalue weighted by molar-refractivity contribution is 6.08. The molecule has 2 heterocycles. The summed E-state index contributed by atoms with van der Waals surface area (Å²) in [6.07, 6.45) is 2.58. The number of hydrogen-bond donors (Lipinski definition) is 1. The molecule has 0 saturated carbocycles. The second-order valence-corrected chi connectivity index (χ2v) is 5.02. The molecule has 3 rings (SSSR count). The summed E-state index contributed by atoms with van der Waals surface area (Å²) in [7, 11) is 1.85. The van der Waals surface area contributed by atoms with E-state index >= 15 is 0 Å². The SMILES string of the molecule is Cc1c(C(=O)N2CCCNc3ccccc32)cnn1C. The summed E-state index contributed by atoms with van der Waals surface area (Å²) < 4.78 is 1.73. The number of nitrogens with one attached hydrogen (secondary N) is 1. The number of fused-ring (bicyclic) bond motifs is 1. The number of hydrogen-bond acceptors (Lipinski definition) is 3. The second-order valence-electron chi connectivity index (χ2n) is 5.02. The van der Waals surface area contributed by atoms with Gasteiger partial charge in [0.05, 0.1) is 23.1 Å². The van der Waals surface area contributed by atoms with Crippen molar-refractivity contribution in [3.05, 3.63) is 41.7 Å². The van der Waals surface area contributed by atoms with Crippen LogP contribution < -0.4 is 10.2 Å². The Morgan fingerprint density at radius 2 is 2.15 bits per heavy atom. The first-order valence-electron chi connectivity index (χ1n) is 6.82. The smallest absolute Gasteiger partial charge is 0.261 e. The Morgan fingerprint density at radius 1 is 1.35 bits per heavy atom. The molecule has 1 aromatic carbocycles. The predicted molar refractivity (Wildman–Crippen MR) is 79.2 cm³/mol. The zero-order valence-electron chi connectivity index (χ0n) is 11.8. The molecule has 1 aliphatic heterocycles. The van der Waals surface area contributed by atoms with Crippen molar-refractivity contribution >= 4 is 17.3 Å². The molecule has 1 aliphatic rings. The minimum atomic E-state index is 0.0201. The molecule has 0 aliphatic carbocycles. The third-order valence-electron chi connectivity index (χ3n) is 3.78. The number of carbonyl (C=O) groups is 1. The second kappa shape index (κ2) is 5.00. The van der Waals surface area contributed by atoms with E-state index in [1.807, 2.05) is 43.1 Å².